The Bertz CT molecular complexity index is 2240. The van der Waals surface area contributed by atoms with Gasteiger partial charge in [-0.15, -0.1) is 0 Å². The SMILES string of the molecule is O=C(O[C@H]1[C@H](O)C[C@](OC(=O)c2cc(O)c(=O)c3c(O)c(O)c(O)cc3c2)(C(=O)O)C[C@H]1OC(=O)c1cc(O)c(O)c(O)c1)c1cc(O)c(O)c(O)c1. The summed E-state index contributed by atoms with van der Waals surface area (Å²) >= 11 is 0. The lowest BCUT2D eigenvalue weighted by Crippen LogP contribution is -2.60. The van der Waals surface area contributed by atoms with Gasteiger partial charge in [0.05, 0.1) is 28.2 Å². The largest absolute Gasteiger partial charge is 0.504 e. The molecule has 0 bridgehead atoms. The molecule has 4 atom stereocenters. The third-order valence-corrected chi connectivity index (χ3v) is 8.19. The average molecular weight is 743 g/mol. The number of hydrogen-bond acceptors (Lipinski definition) is 19. The van der Waals surface area contributed by atoms with E-state index >= 15 is 0 Å². The van der Waals surface area contributed by atoms with Crippen molar-refractivity contribution in [3.8, 4) is 57.5 Å². The molecule has 0 spiro atoms. The summed E-state index contributed by atoms with van der Waals surface area (Å²) in [5, 5.41) is 119. The topological polar surface area (TPSA) is 356 Å². The Balaban J connectivity index is 1.55. The number of rotatable bonds is 7. The number of phenolic OH excluding ortho intramolecular Hbond substituents is 9. The Morgan fingerprint density at radius 1 is 0.566 bits per heavy atom. The molecule has 20 nitrogen and oxygen atoms in total. The van der Waals surface area contributed by atoms with E-state index in [2.05, 4.69) is 0 Å². The first kappa shape index (κ1) is 36.9. The van der Waals surface area contributed by atoms with Crippen LogP contribution in [0.15, 0.2) is 47.3 Å². The van der Waals surface area contributed by atoms with Gasteiger partial charge in [0, 0.05) is 12.8 Å². The second-order valence-corrected chi connectivity index (χ2v) is 11.7. The van der Waals surface area contributed by atoms with Crippen molar-refractivity contribution in [1.29, 1.82) is 0 Å². The molecule has 0 heterocycles. The molecule has 5 rings (SSSR count). The Morgan fingerprint density at radius 3 is 1.53 bits per heavy atom. The molecule has 0 aliphatic heterocycles. The zero-order valence-corrected chi connectivity index (χ0v) is 26.3. The smallest absolute Gasteiger partial charge is 0.348 e. The molecule has 1 aliphatic rings. The number of phenols is 9. The summed E-state index contributed by atoms with van der Waals surface area (Å²) in [6.07, 6.45) is -8.56. The van der Waals surface area contributed by atoms with Gasteiger partial charge in [-0.3, -0.25) is 4.79 Å². The molecule has 278 valence electrons. The number of esters is 3. The third-order valence-electron chi connectivity index (χ3n) is 8.19. The van der Waals surface area contributed by atoms with Crippen LogP contribution in [0.4, 0.5) is 0 Å². The van der Waals surface area contributed by atoms with Crippen molar-refractivity contribution in [3.63, 3.8) is 0 Å². The number of fused-ring (bicyclic) bond motifs is 1. The van der Waals surface area contributed by atoms with E-state index in [9.17, 15) is 85.3 Å². The highest BCUT2D eigenvalue weighted by molar-refractivity contribution is 5.99. The minimum atomic E-state index is -2.89. The lowest BCUT2D eigenvalue weighted by molar-refractivity contribution is -0.188. The van der Waals surface area contributed by atoms with E-state index in [-0.39, 0.29) is 0 Å². The summed E-state index contributed by atoms with van der Waals surface area (Å²) in [5.74, 6) is -17.0. The van der Waals surface area contributed by atoms with Gasteiger partial charge in [0.2, 0.25) is 16.8 Å². The second kappa shape index (κ2) is 13.4. The number of hydrogen-bond donors (Lipinski definition) is 12. The van der Waals surface area contributed by atoms with E-state index in [0.717, 1.165) is 12.1 Å². The molecule has 4 aromatic rings. The highest BCUT2D eigenvalue weighted by atomic mass is 16.6. The first-order chi connectivity index (χ1) is 24.7. The molecular formula is C33H26O20. The maximum absolute atomic E-state index is 13.5. The number of aliphatic carboxylic acids is 1. The van der Waals surface area contributed by atoms with Crippen molar-refractivity contribution < 1.29 is 94.7 Å². The molecule has 4 aromatic carbocycles. The van der Waals surface area contributed by atoms with E-state index in [1.807, 2.05) is 0 Å². The van der Waals surface area contributed by atoms with Crippen molar-refractivity contribution in [3.05, 3.63) is 69.4 Å². The Kier molecular flexibility index (Phi) is 9.34. The highest BCUT2D eigenvalue weighted by Gasteiger charge is 2.56. The lowest BCUT2D eigenvalue weighted by atomic mass is 9.79. The van der Waals surface area contributed by atoms with Crippen molar-refractivity contribution in [2.24, 2.45) is 0 Å². The Labute approximate surface area is 293 Å². The number of ether oxygens (including phenoxy) is 3. The van der Waals surface area contributed by atoms with Gasteiger partial charge in [0.1, 0.15) is 6.10 Å². The number of aromatic hydroxyl groups is 10. The van der Waals surface area contributed by atoms with Crippen molar-refractivity contribution in [1.82, 2.24) is 0 Å². The summed E-state index contributed by atoms with van der Waals surface area (Å²) in [5.41, 5.74) is -6.30. The van der Waals surface area contributed by atoms with Gasteiger partial charge < -0.3 is 75.5 Å². The number of aliphatic hydroxyl groups excluding tert-OH is 1. The van der Waals surface area contributed by atoms with Crippen LogP contribution in [0.1, 0.15) is 43.9 Å². The van der Waals surface area contributed by atoms with Crippen LogP contribution in [0, 0.1) is 0 Å². The zero-order valence-electron chi connectivity index (χ0n) is 26.3. The lowest BCUT2D eigenvalue weighted by Gasteiger charge is -2.42. The molecule has 1 aliphatic carbocycles. The van der Waals surface area contributed by atoms with Crippen LogP contribution in [0.3, 0.4) is 0 Å². The molecule has 12 N–H and O–H groups in total. The number of carbonyl (C=O) groups excluding carboxylic acids is 3. The summed E-state index contributed by atoms with van der Waals surface area (Å²) < 4.78 is 15.9. The van der Waals surface area contributed by atoms with Crippen molar-refractivity contribution in [2.75, 3.05) is 0 Å². The quantitative estimate of drug-likeness (QED) is 0.0709. The van der Waals surface area contributed by atoms with Gasteiger partial charge in [-0.25, -0.2) is 19.2 Å². The number of carbonyl (C=O) groups is 4. The fourth-order valence-electron chi connectivity index (χ4n) is 5.55. The third kappa shape index (κ3) is 6.76. The molecule has 1 saturated carbocycles. The van der Waals surface area contributed by atoms with Gasteiger partial charge >= 0.3 is 23.9 Å². The molecule has 53 heavy (non-hydrogen) atoms. The molecule has 0 aromatic heterocycles. The molecule has 0 radical (unpaired) electrons. The van der Waals surface area contributed by atoms with E-state index in [4.69, 9.17) is 14.2 Å². The Hall–Kier alpha value is -7.35. The fraction of sp³-hybridized carbons (Fsp3) is 0.182. The van der Waals surface area contributed by atoms with Crippen molar-refractivity contribution >= 4 is 34.6 Å². The minimum absolute atomic E-state index is 0.450. The summed E-state index contributed by atoms with van der Waals surface area (Å²) in [6.45, 7) is 0. The first-order valence-corrected chi connectivity index (χ1v) is 14.8. The van der Waals surface area contributed by atoms with Gasteiger partial charge in [-0.05, 0) is 47.9 Å². The zero-order chi connectivity index (χ0) is 39.3. The fourth-order valence-corrected chi connectivity index (χ4v) is 5.55. The van der Waals surface area contributed by atoms with Crippen LogP contribution in [0.2, 0.25) is 0 Å². The van der Waals surface area contributed by atoms with E-state index < -0.39 is 151 Å². The maximum Gasteiger partial charge on any atom is 0.348 e. The minimum Gasteiger partial charge on any atom is -0.504 e. The number of aliphatic hydroxyl groups is 1. The summed E-state index contributed by atoms with van der Waals surface area (Å²) in [7, 11) is 0. The van der Waals surface area contributed by atoms with Crippen LogP contribution in [-0.4, -0.2) is 109 Å². The van der Waals surface area contributed by atoms with Crippen LogP contribution in [-0.2, 0) is 19.0 Å². The van der Waals surface area contributed by atoms with E-state index in [0.29, 0.717) is 30.3 Å². The molecule has 0 saturated heterocycles. The normalized spacial score (nSPS) is 19.6. The summed E-state index contributed by atoms with van der Waals surface area (Å²) in [6, 6.07) is 4.52. The monoisotopic (exact) mass is 742 g/mol. The molecule has 20 heteroatoms. The number of benzene rings is 3. The highest BCUT2D eigenvalue weighted by Crippen LogP contribution is 2.42. The first-order valence-electron chi connectivity index (χ1n) is 14.8. The standard InChI is InChI=1S/C33H26O20/c34-14-4-12(5-15(35)23(14)41)29(46)51-21-9-33(32(49)50,8-20(40)28(21)52-30(47)13-6-16(36)24(42)17(37)7-13)53-31(48)11-1-10-2-19(39)26(44)27(45)22(10)25(43)18(38)3-11/h1-7,20-21,28,34-37,39-42,44-45H,8-9H2,(H,38,43)(H,49,50)/t20-,21-,28+,33-/m1/s1. The van der Waals surface area contributed by atoms with E-state index in [1.54, 1.807) is 0 Å². The number of carboxylic acids is 1. The Morgan fingerprint density at radius 2 is 1.02 bits per heavy atom. The molecule has 1 fully saturated rings. The summed E-state index contributed by atoms with van der Waals surface area (Å²) in [4.78, 5) is 65.3. The van der Waals surface area contributed by atoms with Crippen molar-refractivity contribution in [2.45, 2.75) is 36.8 Å². The maximum atomic E-state index is 13.5. The van der Waals surface area contributed by atoms with Crippen LogP contribution in [0.25, 0.3) is 10.8 Å². The van der Waals surface area contributed by atoms with Crippen LogP contribution < -0.4 is 5.43 Å². The van der Waals surface area contributed by atoms with Gasteiger partial charge in [0.25, 0.3) is 0 Å². The van der Waals surface area contributed by atoms with Gasteiger partial charge in [-0.2, -0.15) is 0 Å². The second-order valence-electron chi connectivity index (χ2n) is 11.7. The molecular weight excluding hydrogens is 716 g/mol. The van der Waals surface area contributed by atoms with Crippen LogP contribution in [0.5, 0.6) is 57.5 Å². The number of carboxylic acid groups (broad SMARTS) is 1. The van der Waals surface area contributed by atoms with E-state index in [1.165, 1.54) is 0 Å². The predicted molar refractivity (Wildman–Crippen MR) is 169 cm³/mol. The molecule has 0 amide bonds. The predicted octanol–water partition coefficient (Wildman–Crippen LogP) is 0.842. The van der Waals surface area contributed by atoms with Gasteiger partial charge in [-0.1, -0.05) is 0 Å². The van der Waals surface area contributed by atoms with Gasteiger partial charge in [0.15, 0.2) is 57.8 Å². The molecule has 0 unspecified atom stereocenters. The van der Waals surface area contributed by atoms with Crippen LogP contribution >= 0.6 is 0 Å². The average Bonchev–Trinajstić information content (AvgIpc) is 3.20.